The van der Waals surface area contributed by atoms with Crippen LogP contribution in [0.5, 0.6) is 0 Å². The number of halogens is 1. The second-order valence-corrected chi connectivity index (χ2v) is 7.29. The highest BCUT2D eigenvalue weighted by Gasteiger charge is 2.14. The Morgan fingerprint density at radius 1 is 1.05 bits per heavy atom. The fraction of sp³-hybridized carbons (Fsp3) is 0.143. The highest BCUT2D eigenvalue weighted by Crippen LogP contribution is 2.19. The average Bonchev–Trinajstić information content (AvgIpc) is 2.41. The average molecular weight is 403 g/mol. The minimum absolute atomic E-state index is 0.167. The molecule has 0 aromatic heterocycles. The molecule has 0 saturated heterocycles. The van der Waals surface area contributed by atoms with Gasteiger partial charge in [0, 0.05) is 9.26 Å². The summed E-state index contributed by atoms with van der Waals surface area (Å²) in [5.41, 5.74) is 1.20. The maximum atomic E-state index is 12.2. The molecule has 2 N–H and O–H groups in total. The van der Waals surface area contributed by atoms with Gasteiger partial charge in [0.1, 0.15) is 0 Å². The Morgan fingerprint density at radius 3 is 2.10 bits per heavy atom. The molecule has 20 heavy (non-hydrogen) atoms. The maximum absolute atomic E-state index is 12.2. The molecule has 0 saturated carbocycles. The SMILES string of the molecule is CC(O)c1ccc(S(=O)(=O)Nc2ccc(I)cc2)cc1. The van der Waals surface area contributed by atoms with E-state index in [1.165, 1.54) is 12.1 Å². The van der Waals surface area contributed by atoms with Gasteiger partial charge >= 0.3 is 0 Å². The summed E-state index contributed by atoms with van der Waals surface area (Å²) in [6, 6.07) is 13.3. The van der Waals surface area contributed by atoms with Gasteiger partial charge in [-0.3, -0.25) is 4.72 Å². The van der Waals surface area contributed by atoms with Crippen molar-refractivity contribution in [2.24, 2.45) is 0 Å². The Morgan fingerprint density at radius 2 is 1.60 bits per heavy atom. The van der Waals surface area contributed by atoms with Gasteiger partial charge in [-0.05, 0) is 71.5 Å². The van der Waals surface area contributed by atoms with Crippen LogP contribution in [-0.4, -0.2) is 13.5 Å². The Bertz CT molecular complexity index is 679. The van der Waals surface area contributed by atoms with Gasteiger partial charge in [-0.1, -0.05) is 12.1 Å². The van der Waals surface area contributed by atoms with E-state index in [1.807, 2.05) is 12.1 Å². The summed E-state index contributed by atoms with van der Waals surface area (Å²) < 4.78 is 27.9. The van der Waals surface area contributed by atoms with Crippen LogP contribution >= 0.6 is 22.6 Å². The lowest BCUT2D eigenvalue weighted by Crippen LogP contribution is -2.13. The van der Waals surface area contributed by atoms with Crippen LogP contribution in [0.15, 0.2) is 53.4 Å². The predicted octanol–water partition coefficient (Wildman–Crippen LogP) is 3.15. The van der Waals surface area contributed by atoms with Crippen molar-refractivity contribution in [3.05, 3.63) is 57.7 Å². The van der Waals surface area contributed by atoms with Crippen molar-refractivity contribution >= 4 is 38.3 Å². The molecule has 0 aliphatic rings. The molecule has 0 radical (unpaired) electrons. The molecule has 0 bridgehead atoms. The van der Waals surface area contributed by atoms with E-state index >= 15 is 0 Å². The van der Waals surface area contributed by atoms with Gasteiger partial charge in [-0.2, -0.15) is 0 Å². The van der Waals surface area contributed by atoms with E-state index < -0.39 is 16.1 Å². The number of nitrogens with one attached hydrogen (secondary N) is 1. The van der Waals surface area contributed by atoms with Gasteiger partial charge in [-0.25, -0.2) is 8.42 Å². The third-order valence-electron chi connectivity index (χ3n) is 2.77. The first kappa shape index (κ1) is 15.3. The molecular formula is C14H14INO3S. The summed E-state index contributed by atoms with van der Waals surface area (Å²) in [6.45, 7) is 1.63. The van der Waals surface area contributed by atoms with Crippen LogP contribution in [0.25, 0.3) is 0 Å². The van der Waals surface area contributed by atoms with E-state index in [1.54, 1.807) is 31.2 Å². The van der Waals surface area contributed by atoms with Gasteiger partial charge < -0.3 is 5.11 Å². The number of sulfonamides is 1. The number of hydrogen-bond acceptors (Lipinski definition) is 3. The largest absolute Gasteiger partial charge is 0.389 e. The molecule has 0 aliphatic carbocycles. The van der Waals surface area contributed by atoms with E-state index in [-0.39, 0.29) is 4.90 Å². The second-order valence-electron chi connectivity index (χ2n) is 4.36. The van der Waals surface area contributed by atoms with Crippen molar-refractivity contribution in [1.29, 1.82) is 0 Å². The Balaban J connectivity index is 2.23. The van der Waals surface area contributed by atoms with Gasteiger partial charge in [0.2, 0.25) is 0 Å². The number of aliphatic hydroxyl groups is 1. The number of anilines is 1. The zero-order chi connectivity index (χ0) is 14.8. The first-order chi connectivity index (χ1) is 9.38. The predicted molar refractivity (Wildman–Crippen MR) is 87.0 cm³/mol. The third-order valence-corrected chi connectivity index (χ3v) is 4.89. The summed E-state index contributed by atoms with van der Waals surface area (Å²) in [5.74, 6) is 0. The fourth-order valence-electron chi connectivity index (χ4n) is 1.66. The second kappa shape index (κ2) is 6.11. The molecule has 0 aliphatic heterocycles. The summed E-state index contributed by atoms with van der Waals surface area (Å²) in [6.07, 6.45) is -0.615. The van der Waals surface area contributed by atoms with Crippen LogP contribution in [-0.2, 0) is 10.0 Å². The van der Waals surface area contributed by atoms with Crippen LogP contribution in [0.3, 0.4) is 0 Å². The molecular weight excluding hydrogens is 389 g/mol. The molecule has 2 rings (SSSR count). The molecule has 1 atom stereocenters. The molecule has 0 spiro atoms. The zero-order valence-corrected chi connectivity index (χ0v) is 13.7. The van der Waals surface area contributed by atoms with Crippen molar-refractivity contribution in [3.63, 3.8) is 0 Å². The standard InChI is InChI=1S/C14H14INO3S/c1-10(17)11-2-8-14(9-3-11)20(18,19)16-13-6-4-12(15)5-7-13/h2-10,16-17H,1H3. The fourth-order valence-corrected chi connectivity index (χ4v) is 3.08. The van der Waals surface area contributed by atoms with Crippen LogP contribution in [0.4, 0.5) is 5.69 Å². The third kappa shape index (κ3) is 3.71. The number of rotatable bonds is 4. The van der Waals surface area contributed by atoms with E-state index in [4.69, 9.17) is 0 Å². The molecule has 1 unspecified atom stereocenters. The summed E-state index contributed by atoms with van der Waals surface area (Å²) in [4.78, 5) is 0.167. The molecule has 0 fully saturated rings. The van der Waals surface area contributed by atoms with Crippen molar-refractivity contribution < 1.29 is 13.5 Å². The lowest BCUT2D eigenvalue weighted by Gasteiger charge is -2.09. The normalized spacial score (nSPS) is 12.9. The summed E-state index contributed by atoms with van der Waals surface area (Å²) >= 11 is 2.15. The molecule has 4 nitrogen and oxygen atoms in total. The van der Waals surface area contributed by atoms with E-state index in [2.05, 4.69) is 27.3 Å². The van der Waals surface area contributed by atoms with Crippen molar-refractivity contribution in [3.8, 4) is 0 Å². The first-order valence-corrected chi connectivity index (χ1v) is 8.51. The Kier molecular flexibility index (Phi) is 4.66. The molecule has 2 aromatic carbocycles. The lowest BCUT2D eigenvalue weighted by atomic mass is 10.1. The molecule has 106 valence electrons. The van der Waals surface area contributed by atoms with Crippen molar-refractivity contribution in [2.75, 3.05) is 4.72 Å². The minimum atomic E-state index is -3.60. The molecule has 0 amide bonds. The van der Waals surface area contributed by atoms with E-state index in [0.29, 0.717) is 11.3 Å². The van der Waals surface area contributed by atoms with Crippen molar-refractivity contribution in [1.82, 2.24) is 0 Å². The number of benzene rings is 2. The highest BCUT2D eigenvalue weighted by atomic mass is 127. The minimum Gasteiger partial charge on any atom is -0.389 e. The molecule has 2 aromatic rings. The van der Waals surface area contributed by atoms with Gasteiger partial charge in [0.05, 0.1) is 11.0 Å². The topological polar surface area (TPSA) is 66.4 Å². The van der Waals surface area contributed by atoms with Crippen molar-refractivity contribution in [2.45, 2.75) is 17.9 Å². The van der Waals surface area contributed by atoms with Crippen LogP contribution in [0.2, 0.25) is 0 Å². The van der Waals surface area contributed by atoms with Crippen LogP contribution < -0.4 is 4.72 Å². The zero-order valence-electron chi connectivity index (χ0n) is 10.7. The number of hydrogen-bond donors (Lipinski definition) is 2. The Labute approximate surface area is 132 Å². The number of aliphatic hydroxyl groups excluding tert-OH is 1. The molecule has 0 heterocycles. The van der Waals surface area contributed by atoms with Gasteiger partial charge in [0.15, 0.2) is 0 Å². The smallest absolute Gasteiger partial charge is 0.261 e. The van der Waals surface area contributed by atoms with Gasteiger partial charge in [0.25, 0.3) is 10.0 Å². The lowest BCUT2D eigenvalue weighted by molar-refractivity contribution is 0.199. The van der Waals surface area contributed by atoms with Crippen LogP contribution in [0.1, 0.15) is 18.6 Å². The first-order valence-electron chi connectivity index (χ1n) is 5.95. The quantitative estimate of drug-likeness (QED) is 0.771. The molecule has 6 heteroatoms. The maximum Gasteiger partial charge on any atom is 0.261 e. The monoisotopic (exact) mass is 403 g/mol. The van der Waals surface area contributed by atoms with E-state index in [9.17, 15) is 13.5 Å². The summed E-state index contributed by atoms with van der Waals surface area (Å²) in [5, 5.41) is 9.41. The van der Waals surface area contributed by atoms with Gasteiger partial charge in [-0.15, -0.1) is 0 Å². The highest BCUT2D eigenvalue weighted by molar-refractivity contribution is 14.1. The Hall–Kier alpha value is -1.12. The summed E-state index contributed by atoms with van der Waals surface area (Å²) in [7, 11) is -3.60. The van der Waals surface area contributed by atoms with E-state index in [0.717, 1.165) is 3.57 Å². The van der Waals surface area contributed by atoms with Crippen LogP contribution in [0, 0.1) is 3.57 Å².